The summed E-state index contributed by atoms with van der Waals surface area (Å²) in [6, 6.07) is 14.4. The highest BCUT2D eigenvalue weighted by Crippen LogP contribution is 2.31. The number of aromatic nitrogens is 2. The fraction of sp³-hybridized carbons (Fsp3) is 0.520. The molecule has 5 rings (SSSR count). The Labute approximate surface area is 189 Å². The Kier molecular flexibility index (Phi) is 6.06. The first kappa shape index (κ1) is 20.9. The number of anilines is 1. The van der Waals surface area contributed by atoms with E-state index in [-0.39, 0.29) is 17.7 Å². The second-order valence-corrected chi connectivity index (χ2v) is 9.29. The topological polar surface area (TPSA) is 69.6 Å². The van der Waals surface area contributed by atoms with Gasteiger partial charge in [-0.05, 0) is 55.7 Å². The minimum Gasteiger partial charge on any atom is -0.355 e. The lowest BCUT2D eigenvalue weighted by Crippen LogP contribution is -2.51. The van der Waals surface area contributed by atoms with E-state index in [1.54, 1.807) is 11.0 Å². The molecule has 2 amide bonds. The van der Waals surface area contributed by atoms with Crippen LogP contribution in [0.5, 0.6) is 0 Å². The molecule has 3 heterocycles. The highest BCUT2D eigenvalue weighted by molar-refractivity contribution is 5.92. The van der Waals surface area contributed by atoms with Crippen molar-refractivity contribution in [2.75, 3.05) is 44.2 Å². The number of piperidine rings is 1. The lowest BCUT2D eigenvalue weighted by Gasteiger charge is -2.35. The molecule has 0 radical (unpaired) electrons. The van der Waals surface area contributed by atoms with Gasteiger partial charge in [-0.15, -0.1) is 10.2 Å². The SMILES string of the molecule is O=C(c1ccc(N2CCC(Cc3ccccc3)CC2)nn1)N1CCN(C(=O)C2CC2)CC1. The number of benzene rings is 1. The Morgan fingerprint density at radius 2 is 1.47 bits per heavy atom. The number of carbonyl (C=O) groups is 2. The van der Waals surface area contributed by atoms with Gasteiger partial charge in [0.1, 0.15) is 0 Å². The van der Waals surface area contributed by atoms with Gasteiger partial charge in [0, 0.05) is 45.2 Å². The van der Waals surface area contributed by atoms with Gasteiger partial charge in [-0.2, -0.15) is 0 Å². The highest BCUT2D eigenvalue weighted by Gasteiger charge is 2.35. The molecule has 2 saturated heterocycles. The van der Waals surface area contributed by atoms with Crippen molar-refractivity contribution in [2.45, 2.75) is 32.1 Å². The molecule has 2 aromatic rings. The molecule has 32 heavy (non-hydrogen) atoms. The number of piperazine rings is 1. The van der Waals surface area contributed by atoms with Crippen LogP contribution >= 0.6 is 0 Å². The molecule has 1 aromatic heterocycles. The molecule has 3 fully saturated rings. The van der Waals surface area contributed by atoms with E-state index in [9.17, 15) is 9.59 Å². The molecule has 168 valence electrons. The van der Waals surface area contributed by atoms with Crippen LogP contribution in [-0.2, 0) is 11.2 Å². The third-order valence-electron chi connectivity index (χ3n) is 6.98. The summed E-state index contributed by atoms with van der Waals surface area (Å²) < 4.78 is 0. The number of hydrogen-bond acceptors (Lipinski definition) is 5. The van der Waals surface area contributed by atoms with Crippen LogP contribution in [0.25, 0.3) is 0 Å². The van der Waals surface area contributed by atoms with Crippen LogP contribution in [0, 0.1) is 11.8 Å². The van der Waals surface area contributed by atoms with Gasteiger partial charge in [-0.3, -0.25) is 9.59 Å². The van der Waals surface area contributed by atoms with E-state index in [1.165, 1.54) is 5.56 Å². The summed E-state index contributed by atoms with van der Waals surface area (Å²) >= 11 is 0. The van der Waals surface area contributed by atoms with Crippen LogP contribution in [0.3, 0.4) is 0 Å². The smallest absolute Gasteiger partial charge is 0.274 e. The summed E-state index contributed by atoms with van der Waals surface area (Å²) in [4.78, 5) is 31.0. The van der Waals surface area contributed by atoms with Crippen molar-refractivity contribution in [1.29, 1.82) is 0 Å². The van der Waals surface area contributed by atoms with Crippen LogP contribution in [0.1, 0.15) is 41.7 Å². The van der Waals surface area contributed by atoms with Crippen molar-refractivity contribution in [3.8, 4) is 0 Å². The van der Waals surface area contributed by atoms with Gasteiger partial charge < -0.3 is 14.7 Å². The fourth-order valence-corrected chi connectivity index (χ4v) is 4.80. The summed E-state index contributed by atoms with van der Waals surface area (Å²) in [6.07, 6.45) is 5.45. The second kappa shape index (κ2) is 9.27. The number of hydrogen-bond donors (Lipinski definition) is 0. The Morgan fingerprint density at radius 1 is 0.781 bits per heavy atom. The largest absolute Gasteiger partial charge is 0.355 e. The van der Waals surface area contributed by atoms with Gasteiger partial charge in [0.05, 0.1) is 0 Å². The van der Waals surface area contributed by atoms with Crippen molar-refractivity contribution < 1.29 is 9.59 Å². The molecule has 0 atom stereocenters. The first-order chi connectivity index (χ1) is 15.7. The van der Waals surface area contributed by atoms with E-state index in [4.69, 9.17) is 0 Å². The minimum atomic E-state index is -0.0934. The predicted octanol–water partition coefficient (Wildman–Crippen LogP) is 2.63. The van der Waals surface area contributed by atoms with Crippen LogP contribution in [0.15, 0.2) is 42.5 Å². The predicted molar refractivity (Wildman–Crippen MR) is 122 cm³/mol. The maximum absolute atomic E-state index is 12.8. The molecule has 2 aliphatic heterocycles. The van der Waals surface area contributed by atoms with E-state index in [2.05, 4.69) is 45.4 Å². The molecule has 7 heteroatoms. The van der Waals surface area contributed by atoms with Crippen molar-refractivity contribution in [1.82, 2.24) is 20.0 Å². The summed E-state index contributed by atoms with van der Waals surface area (Å²) in [5, 5.41) is 8.61. The summed E-state index contributed by atoms with van der Waals surface area (Å²) in [5.41, 5.74) is 1.79. The van der Waals surface area contributed by atoms with E-state index >= 15 is 0 Å². The third kappa shape index (κ3) is 4.76. The second-order valence-electron chi connectivity index (χ2n) is 9.29. The number of nitrogens with zero attached hydrogens (tertiary/aromatic N) is 5. The molecular formula is C25H31N5O2. The minimum absolute atomic E-state index is 0.0934. The van der Waals surface area contributed by atoms with E-state index in [0.717, 1.165) is 51.0 Å². The molecule has 1 aromatic carbocycles. The first-order valence-corrected chi connectivity index (χ1v) is 11.9. The normalized spacial score (nSPS) is 19.8. The first-order valence-electron chi connectivity index (χ1n) is 11.9. The summed E-state index contributed by atoms with van der Waals surface area (Å²) in [7, 11) is 0. The molecule has 1 saturated carbocycles. The highest BCUT2D eigenvalue weighted by atomic mass is 16.2. The fourth-order valence-electron chi connectivity index (χ4n) is 4.80. The van der Waals surface area contributed by atoms with Gasteiger partial charge in [-0.25, -0.2) is 0 Å². The number of amides is 2. The average molecular weight is 434 g/mol. The van der Waals surface area contributed by atoms with Gasteiger partial charge in [0.2, 0.25) is 5.91 Å². The van der Waals surface area contributed by atoms with Crippen molar-refractivity contribution in [3.63, 3.8) is 0 Å². The number of carbonyl (C=O) groups excluding carboxylic acids is 2. The standard InChI is InChI=1S/C25H31N5O2/c31-24(21-6-7-21)29-14-16-30(17-15-29)25(32)22-8-9-23(27-26-22)28-12-10-20(11-13-28)18-19-4-2-1-3-5-19/h1-5,8-9,20-21H,6-7,10-18H2. The van der Waals surface area contributed by atoms with Crippen molar-refractivity contribution in [2.24, 2.45) is 11.8 Å². The third-order valence-corrected chi connectivity index (χ3v) is 6.98. The Morgan fingerprint density at radius 3 is 2.09 bits per heavy atom. The zero-order chi connectivity index (χ0) is 21.9. The Hall–Kier alpha value is -2.96. The van der Waals surface area contributed by atoms with Crippen LogP contribution in [0.4, 0.5) is 5.82 Å². The molecule has 7 nitrogen and oxygen atoms in total. The Bertz CT molecular complexity index is 929. The molecule has 0 spiro atoms. The molecule has 0 unspecified atom stereocenters. The number of rotatable bonds is 5. The average Bonchev–Trinajstić information content (AvgIpc) is 3.70. The monoisotopic (exact) mass is 433 g/mol. The van der Waals surface area contributed by atoms with Gasteiger partial charge >= 0.3 is 0 Å². The van der Waals surface area contributed by atoms with Crippen LogP contribution in [-0.4, -0.2) is 71.1 Å². The lowest BCUT2D eigenvalue weighted by atomic mass is 9.90. The van der Waals surface area contributed by atoms with Gasteiger partial charge in [0.25, 0.3) is 5.91 Å². The molecule has 1 aliphatic carbocycles. The van der Waals surface area contributed by atoms with Crippen LogP contribution < -0.4 is 4.90 Å². The van der Waals surface area contributed by atoms with E-state index in [1.807, 2.05) is 11.0 Å². The lowest BCUT2D eigenvalue weighted by molar-refractivity contribution is -0.134. The van der Waals surface area contributed by atoms with Gasteiger partial charge in [-0.1, -0.05) is 30.3 Å². The maximum Gasteiger partial charge on any atom is 0.274 e. The Balaban J connectivity index is 1.11. The molecule has 0 N–H and O–H groups in total. The maximum atomic E-state index is 12.8. The zero-order valence-electron chi connectivity index (χ0n) is 18.5. The van der Waals surface area contributed by atoms with Gasteiger partial charge in [0.15, 0.2) is 11.5 Å². The van der Waals surface area contributed by atoms with Crippen LogP contribution in [0.2, 0.25) is 0 Å². The summed E-state index contributed by atoms with van der Waals surface area (Å²) in [6.45, 7) is 4.30. The molecule has 0 bridgehead atoms. The summed E-state index contributed by atoms with van der Waals surface area (Å²) in [5.74, 6) is 1.95. The quantitative estimate of drug-likeness (QED) is 0.725. The van der Waals surface area contributed by atoms with Crippen molar-refractivity contribution in [3.05, 3.63) is 53.7 Å². The zero-order valence-corrected chi connectivity index (χ0v) is 18.5. The van der Waals surface area contributed by atoms with E-state index in [0.29, 0.717) is 37.8 Å². The van der Waals surface area contributed by atoms with Crippen molar-refractivity contribution >= 4 is 17.6 Å². The molecule has 3 aliphatic rings. The van der Waals surface area contributed by atoms with E-state index < -0.39 is 0 Å². The molecular weight excluding hydrogens is 402 g/mol.